The molecule has 0 aliphatic carbocycles. The van der Waals surface area contributed by atoms with Crippen molar-refractivity contribution in [3.05, 3.63) is 0 Å². The van der Waals surface area contributed by atoms with Crippen LogP contribution < -0.4 is 27.4 Å². The molecule has 1 amide bonds. The van der Waals surface area contributed by atoms with Crippen LogP contribution in [0.4, 0.5) is 0 Å². The molecule has 0 unspecified atom stereocenters. The molecule has 138 valence electrons. The zero-order valence-electron chi connectivity index (χ0n) is 15.0. The molecule has 0 spiro atoms. The van der Waals surface area contributed by atoms with Crippen LogP contribution in [0.25, 0.3) is 0 Å². The normalized spacial score (nSPS) is 12.3. The van der Waals surface area contributed by atoms with E-state index in [1.807, 2.05) is 0 Å². The first-order valence-electron chi connectivity index (χ1n) is 9.37. The summed E-state index contributed by atoms with van der Waals surface area (Å²) in [5, 5.41) is 9.75. The lowest BCUT2D eigenvalue weighted by Gasteiger charge is -2.12. The molecule has 0 saturated carbocycles. The van der Waals surface area contributed by atoms with Gasteiger partial charge < -0.3 is 27.4 Å². The van der Waals surface area contributed by atoms with Crippen LogP contribution in [0.1, 0.15) is 58.3 Å². The highest BCUT2D eigenvalue weighted by atomic mass is 16.2. The van der Waals surface area contributed by atoms with Gasteiger partial charge in [-0.2, -0.15) is 0 Å². The third-order valence-corrected chi connectivity index (χ3v) is 3.80. The van der Waals surface area contributed by atoms with E-state index in [1.165, 1.54) is 25.7 Å². The van der Waals surface area contributed by atoms with Crippen LogP contribution in [0.2, 0.25) is 0 Å². The van der Waals surface area contributed by atoms with E-state index in [-0.39, 0.29) is 5.91 Å². The maximum Gasteiger partial charge on any atom is 0.236 e. The lowest BCUT2D eigenvalue weighted by molar-refractivity contribution is -0.122. The number of rotatable bonds is 17. The molecule has 0 heterocycles. The van der Waals surface area contributed by atoms with Gasteiger partial charge >= 0.3 is 0 Å². The number of amides is 1. The average Bonchev–Trinajstić information content (AvgIpc) is 2.55. The van der Waals surface area contributed by atoms with Crippen molar-refractivity contribution in [2.75, 3.05) is 39.3 Å². The maximum absolute atomic E-state index is 11.7. The SMILES string of the molecule is CCCCNCCCCNCCCNC(=O)[C@@H](N)CCCCN. The smallest absolute Gasteiger partial charge is 0.236 e. The van der Waals surface area contributed by atoms with Crippen molar-refractivity contribution in [3.8, 4) is 0 Å². The van der Waals surface area contributed by atoms with Crippen LogP contribution in [0, 0.1) is 0 Å². The number of carbonyl (C=O) groups excluding carboxylic acids is 1. The molecule has 7 N–H and O–H groups in total. The van der Waals surface area contributed by atoms with E-state index in [9.17, 15) is 4.79 Å². The Morgan fingerprint density at radius 3 is 2.09 bits per heavy atom. The minimum atomic E-state index is -0.394. The second-order valence-electron chi connectivity index (χ2n) is 6.10. The molecule has 6 nitrogen and oxygen atoms in total. The van der Waals surface area contributed by atoms with Gasteiger partial charge in [-0.25, -0.2) is 0 Å². The van der Waals surface area contributed by atoms with E-state index in [4.69, 9.17) is 11.5 Å². The number of nitrogens with one attached hydrogen (secondary N) is 3. The number of hydrogen-bond donors (Lipinski definition) is 5. The van der Waals surface area contributed by atoms with Gasteiger partial charge in [0.15, 0.2) is 0 Å². The molecule has 0 aliphatic rings. The van der Waals surface area contributed by atoms with E-state index in [2.05, 4.69) is 22.9 Å². The highest BCUT2D eigenvalue weighted by Gasteiger charge is 2.11. The van der Waals surface area contributed by atoms with Crippen molar-refractivity contribution >= 4 is 5.91 Å². The van der Waals surface area contributed by atoms with Gasteiger partial charge in [0.25, 0.3) is 0 Å². The maximum atomic E-state index is 11.7. The van der Waals surface area contributed by atoms with Crippen LogP contribution in [0.5, 0.6) is 0 Å². The Bertz CT molecular complexity index is 263. The molecule has 6 heteroatoms. The third-order valence-electron chi connectivity index (χ3n) is 3.80. The summed E-state index contributed by atoms with van der Waals surface area (Å²) in [6.07, 6.45) is 8.43. The minimum absolute atomic E-state index is 0.0415. The van der Waals surface area contributed by atoms with E-state index in [1.54, 1.807) is 0 Å². The topological polar surface area (TPSA) is 105 Å². The van der Waals surface area contributed by atoms with Gasteiger partial charge in [0.2, 0.25) is 5.91 Å². The van der Waals surface area contributed by atoms with Crippen molar-refractivity contribution in [3.63, 3.8) is 0 Å². The molecular weight excluding hydrogens is 290 g/mol. The van der Waals surface area contributed by atoms with Gasteiger partial charge in [0, 0.05) is 6.54 Å². The molecule has 0 radical (unpaired) electrons. The van der Waals surface area contributed by atoms with Crippen LogP contribution in [-0.4, -0.2) is 51.2 Å². The Hall–Kier alpha value is -0.690. The first-order chi connectivity index (χ1) is 11.2. The second-order valence-corrected chi connectivity index (χ2v) is 6.10. The van der Waals surface area contributed by atoms with Crippen LogP contribution in [-0.2, 0) is 4.79 Å². The molecule has 0 bridgehead atoms. The lowest BCUT2D eigenvalue weighted by Crippen LogP contribution is -2.41. The zero-order chi connectivity index (χ0) is 17.2. The van der Waals surface area contributed by atoms with Crippen molar-refractivity contribution in [1.29, 1.82) is 0 Å². The summed E-state index contributed by atoms with van der Waals surface area (Å²) in [7, 11) is 0. The van der Waals surface area contributed by atoms with E-state index < -0.39 is 6.04 Å². The van der Waals surface area contributed by atoms with Crippen molar-refractivity contribution < 1.29 is 4.79 Å². The fourth-order valence-electron chi connectivity index (χ4n) is 2.25. The number of hydrogen-bond acceptors (Lipinski definition) is 5. The van der Waals surface area contributed by atoms with Gasteiger partial charge in [-0.05, 0) is 71.2 Å². The Morgan fingerprint density at radius 1 is 0.870 bits per heavy atom. The van der Waals surface area contributed by atoms with Gasteiger partial charge in [-0.15, -0.1) is 0 Å². The standard InChI is InChI=1S/C17H39N5O/c1-2-3-11-20-12-6-7-13-21-14-8-15-22-17(23)16(19)9-4-5-10-18/h16,20-21H,2-15,18-19H2,1H3,(H,22,23)/t16-/m0/s1. The van der Waals surface area contributed by atoms with Crippen LogP contribution in [0.15, 0.2) is 0 Å². The van der Waals surface area contributed by atoms with Crippen LogP contribution >= 0.6 is 0 Å². The number of unbranched alkanes of at least 4 members (excludes halogenated alkanes) is 3. The Kier molecular flexibility index (Phi) is 17.1. The monoisotopic (exact) mass is 329 g/mol. The molecule has 0 fully saturated rings. The summed E-state index contributed by atoms with van der Waals surface area (Å²) in [5.74, 6) is -0.0415. The molecule has 23 heavy (non-hydrogen) atoms. The molecule has 0 rings (SSSR count). The molecule has 0 aromatic carbocycles. The van der Waals surface area contributed by atoms with Gasteiger partial charge in [-0.3, -0.25) is 4.79 Å². The lowest BCUT2D eigenvalue weighted by atomic mass is 10.1. The first-order valence-corrected chi connectivity index (χ1v) is 9.37. The second kappa shape index (κ2) is 17.7. The van der Waals surface area contributed by atoms with E-state index >= 15 is 0 Å². The van der Waals surface area contributed by atoms with Gasteiger partial charge in [0.1, 0.15) is 0 Å². The third kappa shape index (κ3) is 16.0. The Morgan fingerprint density at radius 2 is 1.48 bits per heavy atom. The van der Waals surface area contributed by atoms with Gasteiger partial charge in [-0.1, -0.05) is 19.8 Å². The number of nitrogens with two attached hydrogens (primary N) is 2. The van der Waals surface area contributed by atoms with Crippen molar-refractivity contribution in [1.82, 2.24) is 16.0 Å². The molecule has 0 aromatic rings. The summed E-state index contributed by atoms with van der Waals surface area (Å²) in [6.45, 7) is 7.79. The molecule has 0 aliphatic heterocycles. The van der Waals surface area contributed by atoms with Crippen LogP contribution in [0.3, 0.4) is 0 Å². The van der Waals surface area contributed by atoms with Gasteiger partial charge in [0.05, 0.1) is 6.04 Å². The summed E-state index contributed by atoms with van der Waals surface area (Å²) in [6, 6.07) is -0.394. The minimum Gasteiger partial charge on any atom is -0.355 e. The summed E-state index contributed by atoms with van der Waals surface area (Å²) in [4.78, 5) is 11.7. The first kappa shape index (κ1) is 22.3. The highest BCUT2D eigenvalue weighted by Crippen LogP contribution is 1.97. The fraction of sp³-hybridized carbons (Fsp3) is 0.941. The zero-order valence-corrected chi connectivity index (χ0v) is 15.0. The molecular formula is C17H39N5O. The fourth-order valence-corrected chi connectivity index (χ4v) is 2.25. The largest absolute Gasteiger partial charge is 0.355 e. The Labute approximate surface area is 142 Å². The molecule has 0 aromatic heterocycles. The van der Waals surface area contributed by atoms with E-state index in [0.29, 0.717) is 19.5 Å². The quantitative estimate of drug-likeness (QED) is 0.253. The predicted molar refractivity (Wildman–Crippen MR) is 98.4 cm³/mol. The van der Waals surface area contributed by atoms with E-state index in [0.717, 1.165) is 45.4 Å². The summed E-state index contributed by atoms with van der Waals surface area (Å²) < 4.78 is 0. The number of carbonyl (C=O) groups is 1. The summed E-state index contributed by atoms with van der Waals surface area (Å²) >= 11 is 0. The van der Waals surface area contributed by atoms with Crippen molar-refractivity contribution in [2.24, 2.45) is 11.5 Å². The Balaban J connectivity index is 3.24. The predicted octanol–water partition coefficient (Wildman–Crippen LogP) is 0.709. The molecule has 1 atom stereocenters. The summed E-state index contributed by atoms with van der Waals surface area (Å²) in [5.41, 5.74) is 11.2. The highest BCUT2D eigenvalue weighted by molar-refractivity contribution is 5.81. The molecule has 0 saturated heterocycles. The van der Waals surface area contributed by atoms with Crippen molar-refractivity contribution in [2.45, 2.75) is 64.3 Å². The average molecular weight is 330 g/mol.